The first-order chi connectivity index (χ1) is 6.52. The lowest BCUT2D eigenvalue weighted by atomic mass is 10.1. The van der Waals surface area contributed by atoms with Gasteiger partial charge >= 0.3 is 0 Å². The molecule has 1 aliphatic rings. The second kappa shape index (κ2) is 4.41. The topological polar surface area (TPSA) is 75.4 Å². The molecule has 0 spiro atoms. The Morgan fingerprint density at radius 2 is 2.43 bits per heavy atom. The van der Waals surface area contributed by atoms with Crippen LogP contribution in [0.4, 0.5) is 0 Å². The third-order valence-electron chi connectivity index (χ3n) is 2.58. The predicted molar refractivity (Wildman–Crippen MR) is 52.4 cm³/mol. The van der Waals surface area contributed by atoms with Crippen LogP contribution in [0.25, 0.3) is 0 Å². The lowest BCUT2D eigenvalue weighted by Crippen LogP contribution is -2.41. The molecule has 0 radical (unpaired) electrons. The number of likely N-dealkylation sites (tertiary alicyclic amines) is 1. The molecule has 2 amide bonds. The van der Waals surface area contributed by atoms with Crippen LogP contribution >= 0.6 is 0 Å². The second-order valence-electron chi connectivity index (χ2n) is 3.81. The molecule has 80 valence electrons. The highest BCUT2D eigenvalue weighted by molar-refractivity contribution is 5.83. The fourth-order valence-electron chi connectivity index (χ4n) is 1.43. The zero-order valence-corrected chi connectivity index (χ0v) is 8.62. The SMILES string of the molecule is CC(CNC1CCN(C)C1=O)C(N)=O. The van der Waals surface area contributed by atoms with Crippen molar-refractivity contribution in [3.63, 3.8) is 0 Å². The summed E-state index contributed by atoms with van der Waals surface area (Å²) in [5, 5.41) is 3.05. The van der Waals surface area contributed by atoms with Crippen LogP contribution in [0.3, 0.4) is 0 Å². The van der Waals surface area contributed by atoms with E-state index < -0.39 is 0 Å². The number of nitrogens with zero attached hydrogens (tertiary/aromatic N) is 1. The van der Waals surface area contributed by atoms with Gasteiger partial charge in [-0.15, -0.1) is 0 Å². The summed E-state index contributed by atoms with van der Waals surface area (Å²) in [5.41, 5.74) is 5.11. The maximum atomic E-state index is 11.4. The fourth-order valence-corrected chi connectivity index (χ4v) is 1.43. The number of hydrogen-bond donors (Lipinski definition) is 2. The molecule has 5 nitrogen and oxygen atoms in total. The number of amides is 2. The van der Waals surface area contributed by atoms with Crippen molar-refractivity contribution in [2.24, 2.45) is 11.7 Å². The molecule has 1 fully saturated rings. The molecule has 2 atom stereocenters. The lowest BCUT2D eigenvalue weighted by Gasteiger charge is -2.14. The molecule has 14 heavy (non-hydrogen) atoms. The average Bonchev–Trinajstić information content (AvgIpc) is 2.44. The maximum absolute atomic E-state index is 11.4. The quantitative estimate of drug-likeness (QED) is 0.605. The standard InChI is InChI=1S/C9H17N3O2/c1-6(8(10)13)5-11-7-3-4-12(2)9(7)14/h6-7,11H,3-5H2,1-2H3,(H2,10,13). The lowest BCUT2D eigenvalue weighted by molar-refractivity contribution is -0.128. The Labute approximate surface area is 83.6 Å². The van der Waals surface area contributed by atoms with Gasteiger partial charge in [0.15, 0.2) is 0 Å². The summed E-state index contributed by atoms with van der Waals surface area (Å²) in [6, 6.07) is -0.137. The van der Waals surface area contributed by atoms with Crippen LogP contribution in [0, 0.1) is 5.92 Å². The highest BCUT2D eigenvalue weighted by Gasteiger charge is 2.28. The summed E-state index contributed by atoms with van der Waals surface area (Å²) < 4.78 is 0. The van der Waals surface area contributed by atoms with E-state index in [2.05, 4.69) is 5.32 Å². The van der Waals surface area contributed by atoms with Gasteiger partial charge in [0.05, 0.1) is 6.04 Å². The van der Waals surface area contributed by atoms with Crippen molar-refractivity contribution in [3.05, 3.63) is 0 Å². The molecule has 0 aromatic rings. The number of carbonyl (C=O) groups is 2. The Morgan fingerprint density at radius 1 is 1.79 bits per heavy atom. The van der Waals surface area contributed by atoms with Gasteiger partial charge in [-0.2, -0.15) is 0 Å². The number of hydrogen-bond acceptors (Lipinski definition) is 3. The van der Waals surface area contributed by atoms with Gasteiger partial charge in [0.1, 0.15) is 0 Å². The zero-order chi connectivity index (χ0) is 10.7. The number of primary amides is 1. The summed E-state index contributed by atoms with van der Waals surface area (Å²) in [5.74, 6) is -0.466. The van der Waals surface area contributed by atoms with Gasteiger partial charge < -0.3 is 16.0 Å². The Morgan fingerprint density at radius 3 is 2.86 bits per heavy atom. The van der Waals surface area contributed by atoms with Gasteiger partial charge in [0.2, 0.25) is 11.8 Å². The third-order valence-corrected chi connectivity index (χ3v) is 2.58. The first-order valence-corrected chi connectivity index (χ1v) is 4.80. The molecule has 0 aliphatic carbocycles. The van der Waals surface area contributed by atoms with Crippen LogP contribution in [0.1, 0.15) is 13.3 Å². The van der Waals surface area contributed by atoms with E-state index in [4.69, 9.17) is 5.73 Å². The monoisotopic (exact) mass is 199 g/mol. The minimum absolute atomic E-state index is 0.0988. The molecule has 0 saturated carbocycles. The van der Waals surface area contributed by atoms with Crippen LogP contribution in [-0.2, 0) is 9.59 Å². The molecular weight excluding hydrogens is 182 g/mol. The van der Waals surface area contributed by atoms with E-state index in [1.807, 2.05) is 0 Å². The van der Waals surface area contributed by atoms with Crippen molar-refractivity contribution >= 4 is 11.8 Å². The molecule has 2 unspecified atom stereocenters. The van der Waals surface area contributed by atoms with Crippen molar-refractivity contribution in [1.82, 2.24) is 10.2 Å². The smallest absolute Gasteiger partial charge is 0.239 e. The van der Waals surface area contributed by atoms with Gasteiger partial charge in [-0.25, -0.2) is 0 Å². The number of carbonyl (C=O) groups excluding carboxylic acids is 2. The summed E-state index contributed by atoms with van der Waals surface area (Å²) in [4.78, 5) is 23.9. The van der Waals surface area contributed by atoms with E-state index in [9.17, 15) is 9.59 Å². The minimum atomic E-state index is -0.337. The molecule has 1 aliphatic heterocycles. The van der Waals surface area contributed by atoms with Gasteiger partial charge in [-0.1, -0.05) is 6.92 Å². The van der Waals surface area contributed by atoms with Crippen molar-refractivity contribution in [2.75, 3.05) is 20.1 Å². The highest BCUT2D eigenvalue weighted by atomic mass is 16.2. The molecule has 1 heterocycles. The Hall–Kier alpha value is -1.10. The molecule has 5 heteroatoms. The first-order valence-electron chi connectivity index (χ1n) is 4.80. The third kappa shape index (κ3) is 2.45. The average molecular weight is 199 g/mol. The van der Waals surface area contributed by atoms with Crippen LogP contribution < -0.4 is 11.1 Å². The summed E-state index contributed by atoms with van der Waals surface area (Å²) in [7, 11) is 1.78. The Bertz CT molecular complexity index is 242. The van der Waals surface area contributed by atoms with E-state index in [0.717, 1.165) is 13.0 Å². The number of nitrogens with one attached hydrogen (secondary N) is 1. The minimum Gasteiger partial charge on any atom is -0.369 e. The Kier molecular flexibility index (Phi) is 3.46. The van der Waals surface area contributed by atoms with Crippen LogP contribution in [0.2, 0.25) is 0 Å². The molecule has 3 N–H and O–H groups in total. The predicted octanol–water partition coefficient (Wildman–Crippen LogP) is -1.07. The van der Waals surface area contributed by atoms with Crippen molar-refractivity contribution in [2.45, 2.75) is 19.4 Å². The first kappa shape index (κ1) is 11.0. The maximum Gasteiger partial charge on any atom is 0.239 e. The molecule has 0 aromatic heterocycles. The van der Waals surface area contributed by atoms with Gasteiger partial charge in [-0.3, -0.25) is 9.59 Å². The number of rotatable bonds is 4. The van der Waals surface area contributed by atoms with Gasteiger partial charge in [0, 0.05) is 26.1 Å². The summed E-state index contributed by atoms with van der Waals surface area (Å²) in [6.07, 6.45) is 0.806. The molecule has 1 rings (SSSR count). The summed E-state index contributed by atoms with van der Waals surface area (Å²) in [6.45, 7) is 3.00. The van der Waals surface area contributed by atoms with Crippen LogP contribution in [0.5, 0.6) is 0 Å². The van der Waals surface area contributed by atoms with E-state index in [0.29, 0.717) is 6.54 Å². The molecule has 0 bridgehead atoms. The summed E-state index contributed by atoms with van der Waals surface area (Å²) >= 11 is 0. The second-order valence-corrected chi connectivity index (χ2v) is 3.81. The van der Waals surface area contributed by atoms with E-state index in [1.54, 1.807) is 18.9 Å². The van der Waals surface area contributed by atoms with Crippen molar-refractivity contribution in [3.8, 4) is 0 Å². The van der Waals surface area contributed by atoms with Gasteiger partial charge in [0.25, 0.3) is 0 Å². The molecule has 0 aromatic carbocycles. The van der Waals surface area contributed by atoms with Crippen LogP contribution in [-0.4, -0.2) is 42.9 Å². The van der Waals surface area contributed by atoms with Crippen molar-refractivity contribution < 1.29 is 9.59 Å². The van der Waals surface area contributed by atoms with Crippen LogP contribution in [0.15, 0.2) is 0 Å². The molecule has 1 saturated heterocycles. The highest BCUT2D eigenvalue weighted by Crippen LogP contribution is 2.08. The largest absolute Gasteiger partial charge is 0.369 e. The van der Waals surface area contributed by atoms with E-state index >= 15 is 0 Å². The number of likely N-dealkylation sites (N-methyl/N-ethyl adjacent to an activating group) is 1. The van der Waals surface area contributed by atoms with E-state index in [1.165, 1.54) is 0 Å². The number of nitrogens with two attached hydrogens (primary N) is 1. The fraction of sp³-hybridized carbons (Fsp3) is 0.778. The van der Waals surface area contributed by atoms with Gasteiger partial charge in [-0.05, 0) is 6.42 Å². The Balaban J connectivity index is 2.32. The van der Waals surface area contributed by atoms with Crippen molar-refractivity contribution in [1.29, 1.82) is 0 Å². The normalized spacial score (nSPS) is 24.0. The molecular formula is C9H17N3O2. The zero-order valence-electron chi connectivity index (χ0n) is 8.62. The van der Waals surface area contributed by atoms with E-state index in [-0.39, 0.29) is 23.8 Å².